The highest BCUT2D eigenvalue weighted by Crippen LogP contribution is 2.08. The molecule has 0 aromatic carbocycles. The second-order valence-corrected chi connectivity index (χ2v) is 3.96. The maximum atomic E-state index is 5.58. The lowest BCUT2D eigenvalue weighted by molar-refractivity contribution is 0.110. The van der Waals surface area contributed by atoms with Gasteiger partial charge in [-0.05, 0) is 39.8 Å². The number of hydrogen-bond acceptors (Lipinski definition) is 3. The van der Waals surface area contributed by atoms with Gasteiger partial charge in [-0.3, -0.25) is 0 Å². The molecule has 0 atom stereocenters. The number of ether oxygens (including phenoxy) is 1. The second-order valence-electron chi connectivity index (χ2n) is 3.96. The maximum Gasteiger partial charge on any atom is 0.294 e. The monoisotopic (exact) mass is 180 g/mol. The fourth-order valence-electron chi connectivity index (χ4n) is 0.883. The van der Waals surface area contributed by atoms with Gasteiger partial charge in [0.15, 0.2) is 0 Å². The molecule has 72 valence electrons. The summed E-state index contributed by atoms with van der Waals surface area (Å²) in [6.07, 6.45) is 5.54. The number of aliphatic imine (C=N–C) groups is 1. The molecule has 0 saturated carbocycles. The summed E-state index contributed by atoms with van der Waals surface area (Å²) in [7, 11) is 0. The van der Waals surface area contributed by atoms with Crippen LogP contribution in [-0.2, 0) is 4.74 Å². The van der Waals surface area contributed by atoms with Gasteiger partial charge in [0.2, 0.25) is 0 Å². The lowest BCUT2D eigenvalue weighted by atomic mass is 10.2. The average molecular weight is 180 g/mol. The Bertz CT molecular complexity index is 269. The Morgan fingerprint density at radius 2 is 2.08 bits per heavy atom. The summed E-state index contributed by atoms with van der Waals surface area (Å²) in [6.45, 7) is 7.94. The lowest BCUT2D eigenvalue weighted by Gasteiger charge is -2.22. The minimum absolute atomic E-state index is 0.218. The second kappa shape index (κ2) is 3.64. The van der Waals surface area contributed by atoms with E-state index in [4.69, 9.17) is 4.74 Å². The van der Waals surface area contributed by atoms with Crippen molar-refractivity contribution in [3.8, 4) is 0 Å². The Morgan fingerprint density at radius 1 is 1.38 bits per heavy atom. The average Bonchev–Trinajstić information content (AvgIpc) is 2.10. The molecule has 3 heteroatoms. The van der Waals surface area contributed by atoms with E-state index in [0.29, 0.717) is 6.02 Å². The van der Waals surface area contributed by atoms with Crippen LogP contribution in [0, 0.1) is 0 Å². The van der Waals surface area contributed by atoms with Crippen molar-refractivity contribution in [3.63, 3.8) is 0 Å². The first-order chi connectivity index (χ1) is 5.97. The molecule has 0 aromatic heterocycles. The molecule has 1 heterocycles. The van der Waals surface area contributed by atoms with Gasteiger partial charge in [0.25, 0.3) is 6.02 Å². The third-order valence-corrected chi connectivity index (χ3v) is 1.33. The van der Waals surface area contributed by atoms with Crippen LogP contribution in [0.4, 0.5) is 0 Å². The van der Waals surface area contributed by atoms with Crippen molar-refractivity contribution in [2.24, 2.45) is 4.99 Å². The van der Waals surface area contributed by atoms with Crippen LogP contribution in [0.15, 0.2) is 29.0 Å². The van der Waals surface area contributed by atoms with E-state index >= 15 is 0 Å². The molecular formula is C10H16N2O. The summed E-state index contributed by atoms with van der Waals surface area (Å²) >= 11 is 0. The molecule has 1 aliphatic rings. The van der Waals surface area contributed by atoms with Crippen molar-refractivity contribution in [3.05, 3.63) is 24.0 Å². The van der Waals surface area contributed by atoms with Crippen LogP contribution in [0.2, 0.25) is 0 Å². The standard InChI is InChI=1S/C10H16N2O/c1-8-6-5-7-11-9(12-8)13-10(2,3)4/h5-7H,1-4H3,(H,11,12). The molecule has 3 nitrogen and oxygen atoms in total. The lowest BCUT2D eigenvalue weighted by Crippen LogP contribution is -2.32. The maximum absolute atomic E-state index is 5.58. The zero-order chi connectivity index (χ0) is 9.90. The number of allylic oxidation sites excluding steroid dienone is 3. The normalized spacial score (nSPS) is 16.9. The SMILES string of the molecule is CC1=CC=CN=C(OC(C)(C)C)N1. The van der Waals surface area contributed by atoms with Crippen molar-refractivity contribution in [1.82, 2.24) is 5.32 Å². The van der Waals surface area contributed by atoms with Gasteiger partial charge >= 0.3 is 0 Å². The predicted molar refractivity (Wildman–Crippen MR) is 54.3 cm³/mol. The number of nitrogens with zero attached hydrogens (tertiary/aromatic N) is 1. The smallest absolute Gasteiger partial charge is 0.294 e. The largest absolute Gasteiger partial charge is 0.459 e. The fraction of sp³-hybridized carbons (Fsp3) is 0.500. The molecule has 0 unspecified atom stereocenters. The summed E-state index contributed by atoms with van der Waals surface area (Å²) in [6, 6.07) is 0.551. The quantitative estimate of drug-likeness (QED) is 0.620. The summed E-state index contributed by atoms with van der Waals surface area (Å²) in [5, 5.41) is 3.06. The Kier molecular flexibility index (Phi) is 2.76. The third-order valence-electron chi connectivity index (χ3n) is 1.33. The number of rotatable bonds is 0. The van der Waals surface area contributed by atoms with Crippen LogP contribution in [0.3, 0.4) is 0 Å². The highest BCUT2D eigenvalue weighted by atomic mass is 16.5. The fourth-order valence-corrected chi connectivity index (χ4v) is 0.883. The molecule has 1 rings (SSSR count). The van der Waals surface area contributed by atoms with Gasteiger partial charge in [-0.15, -0.1) is 0 Å². The van der Waals surface area contributed by atoms with Crippen LogP contribution in [-0.4, -0.2) is 11.6 Å². The van der Waals surface area contributed by atoms with Crippen molar-refractivity contribution in [2.45, 2.75) is 33.3 Å². The van der Waals surface area contributed by atoms with Crippen molar-refractivity contribution in [2.75, 3.05) is 0 Å². The van der Waals surface area contributed by atoms with Gasteiger partial charge < -0.3 is 10.1 Å². The van der Waals surface area contributed by atoms with E-state index in [1.165, 1.54) is 0 Å². The van der Waals surface area contributed by atoms with E-state index in [1.807, 2.05) is 39.8 Å². The zero-order valence-electron chi connectivity index (χ0n) is 8.59. The zero-order valence-corrected chi connectivity index (χ0v) is 8.59. The topological polar surface area (TPSA) is 33.6 Å². The Labute approximate surface area is 79.2 Å². The summed E-state index contributed by atoms with van der Waals surface area (Å²) in [5.74, 6) is 0. The first kappa shape index (κ1) is 9.84. The highest BCUT2D eigenvalue weighted by molar-refractivity contribution is 5.77. The van der Waals surface area contributed by atoms with Gasteiger partial charge in [0, 0.05) is 11.9 Å². The molecule has 0 fully saturated rings. The van der Waals surface area contributed by atoms with Gasteiger partial charge in [-0.2, -0.15) is 0 Å². The highest BCUT2D eigenvalue weighted by Gasteiger charge is 2.14. The third kappa shape index (κ3) is 3.78. The van der Waals surface area contributed by atoms with Crippen LogP contribution in [0.25, 0.3) is 0 Å². The van der Waals surface area contributed by atoms with Gasteiger partial charge in [-0.1, -0.05) is 0 Å². The molecule has 13 heavy (non-hydrogen) atoms. The first-order valence-corrected chi connectivity index (χ1v) is 4.35. The number of amidine groups is 1. The Hall–Kier alpha value is -1.25. The van der Waals surface area contributed by atoms with E-state index in [1.54, 1.807) is 6.20 Å². The molecule has 0 bridgehead atoms. The van der Waals surface area contributed by atoms with E-state index in [-0.39, 0.29) is 5.60 Å². The molecule has 0 saturated heterocycles. The first-order valence-electron chi connectivity index (χ1n) is 4.35. The van der Waals surface area contributed by atoms with Gasteiger partial charge in [-0.25, -0.2) is 4.99 Å². The molecular weight excluding hydrogens is 164 g/mol. The minimum Gasteiger partial charge on any atom is -0.459 e. The van der Waals surface area contributed by atoms with Gasteiger partial charge in [0.05, 0.1) is 0 Å². The number of nitrogens with one attached hydrogen (secondary N) is 1. The molecule has 0 radical (unpaired) electrons. The molecule has 0 spiro atoms. The van der Waals surface area contributed by atoms with E-state index in [2.05, 4.69) is 10.3 Å². The van der Waals surface area contributed by atoms with E-state index in [9.17, 15) is 0 Å². The number of hydrogen-bond donors (Lipinski definition) is 1. The van der Waals surface area contributed by atoms with Crippen LogP contribution in [0.5, 0.6) is 0 Å². The van der Waals surface area contributed by atoms with Crippen molar-refractivity contribution in [1.29, 1.82) is 0 Å². The molecule has 0 aromatic rings. The molecule has 0 amide bonds. The van der Waals surface area contributed by atoms with Crippen molar-refractivity contribution < 1.29 is 4.74 Å². The Morgan fingerprint density at radius 3 is 2.69 bits per heavy atom. The summed E-state index contributed by atoms with van der Waals surface area (Å²) < 4.78 is 5.58. The van der Waals surface area contributed by atoms with Gasteiger partial charge in [0.1, 0.15) is 5.60 Å². The minimum atomic E-state index is -0.218. The predicted octanol–water partition coefficient (Wildman–Crippen LogP) is 2.18. The van der Waals surface area contributed by atoms with Crippen molar-refractivity contribution >= 4 is 6.02 Å². The molecule has 0 aliphatic carbocycles. The molecule has 1 N–H and O–H groups in total. The summed E-state index contributed by atoms with van der Waals surface area (Å²) in [5.41, 5.74) is 0.807. The van der Waals surface area contributed by atoms with E-state index in [0.717, 1.165) is 5.70 Å². The van der Waals surface area contributed by atoms with Crippen LogP contribution in [0.1, 0.15) is 27.7 Å². The van der Waals surface area contributed by atoms with Crippen LogP contribution >= 0.6 is 0 Å². The van der Waals surface area contributed by atoms with Crippen LogP contribution < -0.4 is 5.32 Å². The molecule has 1 aliphatic heterocycles. The summed E-state index contributed by atoms with van der Waals surface area (Å²) in [4.78, 5) is 4.11. The van der Waals surface area contributed by atoms with E-state index < -0.39 is 0 Å². The Balaban J connectivity index is 2.67.